The molecular formula is C28H26N4O3. The molecule has 0 aliphatic carbocycles. The summed E-state index contributed by atoms with van der Waals surface area (Å²) in [5, 5.41) is 3.62. The fourth-order valence-corrected chi connectivity index (χ4v) is 4.57. The van der Waals surface area contributed by atoms with Crippen LogP contribution in [0.2, 0.25) is 0 Å². The van der Waals surface area contributed by atoms with Gasteiger partial charge in [-0.25, -0.2) is 4.98 Å². The van der Waals surface area contributed by atoms with E-state index in [1.165, 1.54) is 0 Å². The Kier molecular flexibility index (Phi) is 6.14. The van der Waals surface area contributed by atoms with E-state index in [1.54, 1.807) is 54.0 Å². The number of fused-ring (bicyclic) bond motifs is 1. The number of likely N-dealkylation sites (tertiary alicyclic amines) is 1. The first-order chi connectivity index (χ1) is 17.0. The highest BCUT2D eigenvalue weighted by atomic mass is 16.2. The van der Waals surface area contributed by atoms with Gasteiger partial charge in [0.1, 0.15) is 5.82 Å². The molecule has 1 N–H and O–H groups in total. The average molecular weight is 467 g/mol. The van der Waals surface area contributed by atoms with Crippen LogP contribution >= 0.6 is 0 Å². The molecule has 4 aromatic rings. The van der Waals surface area contributed by atoms with Crippen LogP contribution in [-0.2, 0) is 0 Å². The van der Waals surface area contributed by atoms with Crippen molar-refractivity contribution in [1.29, 1.82) is 0 Å². The van der Waals surface area contributed by atoms with Crippen LogP contribution in [0.5, 0.6) is 0 Å². The van der Waals surface area contributed by atoms with Crippen LogP contribution in [0.15, 0.2) is 83.7 Å². The zero-order valence-electron chi connectivity index (χ0n) is 19.5. The summed E-state index contributed by atoms with van der Waals surface area (Å²) in [5.74, 6) is 0.456. The van der Waals surface area contributed by atoms with Crippen molar-refractivity contribution in [3.05, 3.63) is 106 Å². The zero-order valence-corrected chi connectivity index (χ0v) is 19.5. The molecule has 5 rings (SSSR count). The van der Waals surface area contributed by atoms with E-state index >= 15 is 0 Å². The number of carbonyl (C=O) groups is 2. The largest absolute Gasteiger partial charge is 0.349 e. The van der Waals surface area contributed by atoms with Gasteiger partial charge in [0.05, 0.1) is 16.6 Å². The molecule has 1 aliphatic rings. The van der Waals surface area contributed by atoms with Crippen LogP contribution in [0.25, 0.3) is 16.6 Å². The van der Waals surface area contributed by atoms with Crippen molar-refractivity contribution >= 4 is 22.7 Å². The third-order valence-electron chi connectivity index (χ3n) is 6.47. The fourth-order valence-electron chi connectivity index (χ4n) is 4.57. The van der Waals surface area contributed by atoms with E-state index in [9.17, 15) is 14.4 Å². The molecule has 0 saturated carbocycles. The van der Waals surface area contributed by atoms with Gasteiger partial charge in [-0.2, -0.15) is 0 Å². The minimum atomic E-state index is -0.133. The van der Waals surface area contributed by atoms with Crippen molar-refractivity contribution in [2.75, 3.05) is 13.1 Å². The number of carbonyl (C=O) groups excluding carboxylic acids is 2. The van der Waals surface area contributed by atoms with Crippen LogP contribution in [0.3, 0.4) is 0 Å². The van der Waals surface area contributed by atoms with Crippen LogP contribution in [0.4, 0.5) is 0 Å². The fraction of sp³-hybridized carbons (Fsp3) is 0.214. The van der Waals surface area contributed by atoms with E-state index in [-0.39, 0.29) is 23.4 Å². The van der Waals surface area contributed by atoms with E-state index in [1.807, 2.05) is 41.3 Å². The van der Waals surface area contributed by atoms with Gasteiger partial charge < -0.3 is 10.2 Å². The minimum Gasteiger partial charge on any atom is -0.349 e. The Bertz CT molecular complexity index is 1440. The van der Waals surface area contributed by atoms with E-state index in [4.69, 9.17) is 0 Å². The predicted molar refractivity (Wildman–Crippen MR) is 135 cm³/mol. The number of hydrogen-bond donors (Lipinski definition) is 1. The molecule has 3 aromatic carbocycles. The summed E-state index contributed by atoms with van der Waals surface area (Å²) in [7, 11) is 0. The van der Waals surface area contributed by atoms with E-state index < -0.39 is 0 Å². The molecule has 7 heteroatoms. The van der Waals surface area contributed by atoms with Gasteiger partial charge in [0.2, 0.25) is 0 Å². The Morgan fingerprint density at radius 2 is 1.51 bits per heavy atom. The second-order valence-electron chi connectivity index (χ2n) is 8.77. The molecule has 2 heterocycles. The Hall–Kier alpha value is -4.26. The summed E-state index contributed by atoms with van der Waals surface area (Å²) < 4.78 is 1.57. The lowest BCUT2D eigenvalue weighted by atomic mass is 10.0. The number of benzene rings is 3. The zero-order chi connectivity index (χ0) is 24.4. The van der Waals surface area contributed by atoms with Gasteiger partial charge in [0.25, 0.3) is 17.4 Å². The summed E-state index contributed by atoms with van der Waals surface area (Å²) in [4.78, 5) is 44.9. The van der Waals surface area contributed by atoms with Gasteiger partial charge in [-0.3, -0.25) is 19.0 Å². The molecule has 0 radical (unpaired) electrons. The molecule has 7 nitrogen and oxygen atoms in total. The number of para-hydroxylation sites is 1. The Morgan fingerprint density at radius 3 is 2.23 bits per heavy atom. The highest BCUT2D eigenvalue weighted by Gasteiger charge is 2.25. The Labute approximate surface area is 203 Å². The lowest BCUT2D eigenvalue weighted by Crippen LogP contribution is -2.46. The first kappa shape index (κ1) is 22.5. The first-order valence-electron chi connectivity index (χ1n) is 11.8. The number of nitrogens with one attached hydrogen (secondary N) is 1. The van der Waals surface area contributed by atoms with Gasteiger partial charge >= 0.3 is 0 Å². The maximum absolute atomic E-state index is 13.1. The number of hydrogen-bond acceptors (Lipinski definition) is 4. The third-order valence-corrected chi connectivity index (χ3v) is 6.47. The van der Waals surface area contributed by atoms with Crippen LogP contribution in [0, 0.1) is 6.92 Å². The van der Waals surface area contributed by atoms with Crippen LogP contribution < -0.4 is 10.9 Å². The molecule has 0 spiro atoms. The van der Waals surface area contributed by atoms with Crippen molar-refractivity contribution < 1.29 is 9.59 Å². The first-order valence-corrected chi connectivity index (χ1v) is 11.8. The molecule has 2 amide bonds. The lowest BCUT2D eigenvalue weighted by Gasteiger charge is -2.32. The highest BCUT2D eigenvalue weighted by Crippen LogP contribution is 2.17. The summed E-state index contributed by atoms with van der Waals surface area (Å²) in [6, 6.07) is 23.5. The highest BCUT2D eigenvalue weighted by molar-refractivity contribution is 5.95. The Balaban J connectivity index is 1.25. The van der Waals surface area contributed by atoms with Crippen molar-refractivity contribution in [3.63, 3.8) is 0 Å². The maximum atomic E-state index is 13.1. The normalized spacial score (nSPS) is 14.1. The SMILES string of the molecule is Cc1nc2ccccc2c(=O)n1-c1ccc(C(=O)N2CCC(NC(=O)c3ccccc3)CC2)cc1. The van der Waals surface area contributed by atoms with Crippen LogP contribution in [0.1, 0.15) is 39.4 Å². The van der Waals surface area contributed by atoms with Gasteiger partial charge in [-0.1, -0.05) is 30.3 Å². The molecule has 0 unspecified atom stereocenters. The number of nitrogens with zero attached hydrogens (tertiary/aromatic N) is 3. The maximum Gasteiger partial charge on any atom is 0.265 e. The molecule has 0 bridgehead atoms. The molecular weight excluding hydrogens is 440 g/mol. The number of aromatic nitrogens is 2. The quantitative estimate of drug-likeness (QED) is 0.497. The minimum absolute atomic E-state index is 0.0457. The number of piperidine rings is 1. The number of amides is 2. The molecule has 1 fully saturated rings. The topological polar surface area (TPSA) is 84.3 Å². The molecule has 0 atom stereocenters. The van der Waals surface area contributed by atoms with Crippen molar-refractivity contribution in [3.8, 4) is 5.69 Å². The summed E-state index contributed by atoms with van der Waals surface area (Å²) in [5.41, 5.74) is 2.42. The van der Waals surface area contributed by atoms with Crippen LogP contribution in [-0.4, -0.2) is 45.4 Å². The summed E-state index contributed by atoms with van der Waals surface area (Å²) >= 11 is 0. The van der Waals surface area contributed by atoms with Crippen molar-refractivity contribution in [2.45, 2.75) is 25.8 Å². The van der Waals surface area contributed by atoms with Crippen molar-refractivity contribution in [2.24, 2.45) is 0 Å². The standard InChI is InChI=1S/C28H26N4O3/c1-19-29-25-10-6-5-9-24(25)28(35)32(19)23-13-11-21(12-14-23)27(34)31-17-15-22(16-18-31)30-26(33)20-7-3-2-4-8-20/h2-14,22H,15-18H2,1H3,(H,30,33). The van der Waals surface area contributed by atoms with Gasteiger partial charge in [-0.05, 0) is 68.3 Å². The monoisotopic (exact) mass is 466 g/mol. The molecule has 1 aromatic heterocycles. The average Bonchev–Trinajstić information content (AvgIpc) is 2.89. The van der Waals surface area contributed by atoms with E-state index in [0.29, 0.717) is 59.5 Å². The lowest BCUT2D eigenvalue weighted by molar-refractivity contribution is 0.0698. The molecule has 1 saturated heterocycles. The molecule has 176 valence electrons. The number of rotatable bonds is 4. The number of aryl methyl sites for hydroxylation is 1. The smallest absolute Gasteiger partial charge is 0.265 e. The van der Waals surface area contributed by atoms with Gasteiger partial charge in [-0.15, -0.1) is 0 Å². The molecule has 1 aliphatic heterocycles. The van der Waals surface area contributed by atoms with E-state index in [2.05, 4.69) is 10.3 Å². The predicted octanol–water partition coefficient (Wildman–Crippen LogP) is 3.73. The summed E-state index contributed by atoms with van der Waals surface area (Å²) in [6.07, 6.45) is 1.42. The van der Waals surface area contributed by atoms with E-state index in [0.717, 1.165) is 0 Å². The summed E-state index contributed by atoms with van der Waals surface area (Å²) in [6.45, 7) is 2.95. The van der Waals surface area contributed by atoms with Gasteiger partial charge in [0, 0.05) is 30.3 Å². The Morgan fingerprint density at radius 1 is 0.857 bits per heavy atom. The third kappa shape index (κ3) is 4.57. The second kappa shape index (κ2) is 9.54. The van der Waals surface area contributed by atoms with Crippen molar-refractivity contribution in [1.82, 2.24) is 19.8 Å². The molecule has 35 heavy (non-hydrogen) atoms. The van der Waals surface area contributed by atoms with Gasteiger partial charge in [0.15, 0.2) is 0 Å². The second-order valence-corrected chi connectivity index (χ2v) is 8.77.